The van der Waals surface area contributed by atoms with Gasteiger partial charge in [-0.05, 0) is 38.6 Å². The molecule has 0 aliphatic carbocycles. The van der Waals surface area contributed by atoms with Gasteiger partial charge < -0.3 is 10.4 Å². The predicted octanol–water partition coefficient (Wildman–Crippen LogP) is 2.32. The van der Waals surface area contributed by atoms with Gasteiger partial charge in [0.05, 0.1) is 0 Å². The lowest BCUT2D eigenvalue weighted by Gasteiger charge is -2.17. The Morgan fingerprint density at radius 1 is 1.08 bits per heavy atom. The van der Waals surface area contributed by atoms with Gasteiger partial charge in [-0.1, -0.05) is 20.3 Å². The van der Waals surface area contributed by atoms with Crippen LogP contribution in [-0.2, 0) is 0 Å². The largest absolute Gasteiger partial charge is 0.396 e. The summed E-state index contributed by atoms with van der Waals surface area (Å²) in [4.78, 5) is 0. The minimum Gasteiger partial charge on any atom is -0.396 e. The smallest absolute Gasteiger partial charge is 0.0431 e. The Labute approximate surface area is 82.7 Å². The van der Waals surface area contributed by atoms with Crippen molar-refractivity contribution in [2.24, 2.45) is 0 Å². The summed E-state index contributed by atoms with van der Waals surface area (Å²) in [5, 5.41) is 12.2. The van der Waals surface area contributed by atoms with Gasteiger partial charge in [-0.2, -0.15) is 0 Å². The van der Waals surface area contributed by atoms with Crippen LogP contribution in [0.15, 0.2) is 0 Å². The molecular weight excluding hydrogens is 162 g/mol. The number of aliphatic hydroxyl groups is 1. The third kappa shape index (κ3) is 8.26. The molecule has 2 N–H and O–H groups in total. The molecule has 0 aromatic rings. The van der Waals surface area contributed by atoms with E-state index in [1.807, 2.05) is 0 Å². The summed E-state index contributed by atoms with van der Waals surface area (Å²) in [5.41, 5.74) is 0. The molecule has 1 atom stereocenters. The molecule has 0 rings (SSSR count). The summed E-state index contributed by atoms with van der Waals surface area (Å²) in [6, 6.07) is 0.677. The standard InChI is InChI=1S/C11H25NO/c1-3-7-11(12-9-4-2)8-5-6-10-13/h11-13H,3-10H2,1-2H3. The van der Waals surface area contributed by atoms with Gasteiger partial charge in [0, 0.05) is 12.6 Å². The maximum Gasteiger partial charge on any atom is 0.0431 e. The van der Waals surface area contributed by atoms with Crippen molar-refractivity contribution in [3.63, 3.8) is 0 Å². The molecular formula is C11H25NO. The summed E-state index contributed by atoms with van der Waals surface area (Å²) < 4.78 is 0. The first-order chi connectivity index (χ1) is 6.35. The molecule has 2 heteroatoms. The lowest BCUT2D eigenvalue weighted by molar-refractivity contribution is 0.278. The van der Waals surface area contributed by atoms with Gasteiger partial charge in [-0.3, -0.25) is 0 Å². The van der Waals surface area contributed by atoms with Crippen molar-refractivity contribution in [2.75, 3.05) is 13.2 Å². The summed E-state index contributed by atoms with van der Waals surface area (Å²) in [5.74, 6) is 0. The topological polar surface area (TPSA) is 32.3 Å². The second-order valence-electron chi connectivity index (χ2n) is 3.66. The highest BCUT2D eigenvalue weighted by atomic mass is 16.2. The Morgan fingerprint density at radius 3 is 2.38 bits per heavy atom. The average molecular weight is 187 g/mol. The Hall–Kier alpha value is -0.0800. The van der Waals surface area contributed by atoms with Crippen molar-refractivity contribution >= 4 is 0 Å². The van der Waals surface area contributed by atoms with Crippen LogP contribution in [0.1, 0.15) is 52.4 Å². The van der Waals surface area contributed by atoms with Gasteiger partial charge in [0.1, 0.15) is 0 Å². The van der Waals surface area contributed by atoms with Gasteiger partial charge in [-0.15, -0.1) is 0 Å². The van der Waals surface area contributed by atoms with E-state index in [2.05, 4.69) is 19.2 Å². The maximum atomic E-state index is 8.66. The highest BCUT2D eigenvalue weighted by Gasteiger charge is 2.04. The van der Waals surface area contributed by atoms with Crippen LogP contribution in [0.2, 0.25) is 0 Å². The molecule has 0 saturated carbocycles. The first kappa shape index (κ1) is 12.9. The Balaban J connectivity index is 3.41. The molecule has 2 nitrogen and oxygen atoms in total. The van der Waals surface area contributed by atoms with Crippen molar-refractivity contribution in [3.8, 4) is 0 Å². The number of unbranched alkanes of at least 4 members (excludes halogenated alkanes) is 1. The molecule has 0 aliphatic heterocycles. The van der Waals surface area contributed by atoms with Gasteiger partial charge in [0.25, 0.3) is 0 Å². The van der Waals surface area contributed by atoms with E-state index in [0.29, 0.717) is 12.6 Å². The van der Waals surface area contributed by atoms with Crippen LogP contribution >= 0.6 is 0 Å². The lowest BCUT2D eigenvalue weighted by atomic mass is 10.1. The second kappa shape index (κ2) is 10.0. The van der Waals surface area contributed by atoms with Crippen molar-refractivity contribution in [3.05, 3.63) is 0 Å². The fraction of sp³-hybridized carbons (Fsp3) is 1.00. The van der Waals surface area contributed by atoms with Crippen molar-refractivity contribution in [1.82, 2.24) is 5.32 Å². The lowest BCUT2D eigenvalue weighted by Crippen LogP contribution is -2.29. The Morgan fingerprint density at radius 2 is 1.85 bits per heavy atom. The summed E-state index contributed by atoms with van der Waals surface area (Å²) >= 11 is 0. The monoisotopic (exact) mass is 187 g/mol. The van der Waals surface area contributed by atoms with Crippen molar-refractivity contribution in [2.45, 2.75) is 58.4 Å². The summed E-state index contributed by atoms with van der Waals surface area (Å²) in [6.07, 6.45) is 7.05. The first-order valence-corrected chi connectivity index (χ1v) is 5.69. The third-order valence-electron chi connectivity index (χ3n) is 2.28. The van der Waals surface area contributed by atoms with E-state index in [4.69, 9.17) is 5.11 Å². The van der Waals surface area contributed by atoms with Gasteiger partial charge in [-0.25, -0.2) is 0 Å². The molecule has 0 aliphatic rings. The zero-order valence-corrected chi connectivity index (χ0v) is 9.18. The SMILES string of the molecule is CCCNC(CCC)CCCCO. The number of rotatable bonds is 9. The zero-order valence-electron chi connectivity index (χ0n) is 9.18. The summed E-state index contributed by atoms with van der Waals surface area (Å²) in [7, 11) is 0. The van der Waals surface area contributed by atoms with Crippen LogP contribution < -0.4 is 5.32 Å². The fourth-order valence-electron chi connectivity index (χ4n) is 1.55. The van der Waals surface area contributed by atoms with E-state index in [0.717, 1.165) is 19.4 Å². The molecule has 0 bridgehead atoms. The highest BCUT2D eigenvalue weighted by molar-refractivity contribution is 4.65. The second-order valence-corrected chi connectivity index (χ2v) is 3.66. The van der Waals surface area contributed by atoms with Crippen LogP contribution in [-0.4, -0.2) is 24.3 Å². The minimum atomic E-state index is 0.340. The van der Waals surface area contributed by atoms with Crippen molar-refractivity contribution in [1.29, 1.82) is 0 Å². The highest BCUT2D eigenvalue weighted by Crippen LogP contribution is 2.06. The molecule has 0 amide bonds. The van der Waals surface area contributed by atoms with Crippen LogP contribution in [0.25, 0.3) is 0 Å². The number of hydrogen-bond donors (Lipinski definition) is 2. The van der Waals surface area contributed by atoms with E-state index in [1.165, 1.54) is 25.7 Å². The van der Waals surface area contributed by atoms with E-state index >= 15 is 0 Å². The molecule has 0 saturated heterocycles. The molecule has 0 fully saturated rings. The fourth-order valence-corrected chi connectivity index (χ4v) is 1.55. The maximum absolute atomic E-state index is 8.66. The van der Waals surface area contributed by atoms with Crippen LogP contribution in [0.4, 0.5) is 0 Å². The molecule has 0 aromatic carbocycles. The van der Waals surface area contributed by atoms with Crippen LogP contribution in [0, 0.1) is 0 Å². The molecule has 80 valence electrons. The average Bonchev–Trinajstić information content (AvgIpc) is 2.14. The van der Waals surface area contributed by atoms with E-state index in [9.17, 15) is 0 Å². The van der Waals surface area contributed by atoms with Crippen LogP contribution in [0.3, 0.4) is 0 Å². The zero-order chi connectivity index (χ0) is 9.94. The van der Waals surface area contributed by atoms with Gasteiger partial charge in [0.15, 0.2) is 0 Å². The normalized spacial score (nSPS) is 13.2. The molecule has 0 aromatic heterocycles. The predicted molar refractivity (Wildman–Crippen MR) is 57.9 cm³/mol. The van der Waals surface area contributed by atoms with Gasteiger partial charge >= 0.3 is 0 Å². The van der Waals surface area contributed by atoms with Gasteiger partial charge in [0.2, 0.25) is 0 Å². The summed E-state index contributed by atoms with van der Waals surface area (Å²) in [6.45, 7) is 5.90. The Kier molecular flexibility index (Phi) is 9.94. The number of aliphatic hydroxyl groups excluding tert-OH is 1. The Bertz CT molecular complexity index is 96.1. The van der Waals surface area contributed by atoms with E-state index in [-0.39, 0.29) is 0 Å². The van der Waals surface area contributed by atoms with E-state index < -0.39 is 0 Å². The van der Waals surface area contributed by atoms with Crippen molar-refractivity contribution < 1.29 is 5.11 Å². The molecule has 1 unspecified atom stereocenters. The third-order valence-corrected chi connectivity index (χ3v) is 2.28. The quantitative estimate of drug-likeness (QED) is 0.543. The minimum absolute atomic E-state index is 0.340. The van der Waals surface area contributed by atoms with Crippen LogP contribution in [0.5, 0.6) is 0 Å². The molecule has 13 heavy (non-hydrogen) atoms. The number of nitrogens with one attached hydrogen (secondary N) is 1. The number of hydrogen-bond acceptors (Lipinski definition) is 2. The molecule has 0 radical (unpaired) electrons. The van der Waals surface area contributed by atoms with E-state index in [1.54, 1.807) is 0 Å². The first-order valence-electron chi connectivity index (χ1n) is 5.69. The molecule has 0 spiro atoms. The molecule has 0 heterocycles.